The summed E-state index contributed by atoms with van der Waals surface area (Å²) < 4.78 is 47.8. The van der Waals surface area contributed by atoms with Gasteiger partial charge < -0.3 is 15.8 Å². The Labute approximate surface area is 170 Å². The number of halogens is 3. The van der Waals surface area contributed by atoms with Gasteiger partial charge in [-0.2, -0.15) is 4.98 Å². The standard InChI is InChI=1S/C20H18F3N5O2/c21-12-4-3-5-13(22)17(12)18-14(23)6-7-15(27-18)19(29)28-16-10-25-11-26-20(16)30-9-2-1-8-24/h3-7,10-11H,1-2,8-9,24H2,(H,28,29). The molecule has 3 aromatic rings. The number of nitrogens with zero attached hydrogens (tertiary/aromatic N) is 3. The van der Waals surface area contributed by atoms with E-state index in [1.807, 2.05) is 0 Å². The number of ether oxygens (including phenoxy) is 1. The predicted molar refractivity (Wildman–Crippen MR) is 103 cm³/mol. The quantitative estimate of drug-likeness (QED) is 0.545. The van der Waals surface area contributed by atoms with Gasteiger partial charge in [0, 0.05) is 0 Å². The van der Waals surface area contributed by atoms with Crippen molar-refractivity contribution < 1.29 is 22.7 Å². The van der Waals surface area contributed by atoms with Crippen molar-refractivity contribution in [2.45, 2.75) is 12.8 Å². The van der Waals surface area contributed by atoms with Crippen molar-refractivity contribution in [3.63, 3.8) is 0 Å². The highest BCUT2D eigenvalue weighted by molar-refractivity contribution is 6.03. The van der Waals surface area contributed by atoms with Gasteiger partial charge in [-0.05, 0) is 43.7 Å². The Balaban J connectivity index is 1.84. The van der Waals surface area contributed by atoms with Crippen LogP contribution in [0.1, 0.15) is 23.3 Å². The van der Waals surface area contributed by atoms with Gasteiger partial charge in [0.05, 0.1) is 18.4 Å². The van der Waals surface area contributed by atoms with Crippen LogP contribution in [-0.2, 0) is 0 Å². The Morgan fingerprint density at radius 3 is 2.57 bits per heavy atom. The first kappa shape index (κ1) is 21.2. The van der Waals surface area contributed by atoms with E-state index in [1.54, 1.807) is 0 Å². The molecule has 0 radical (unpaired) electrons. The maximum Gasteiger partial charge on any atom is 0.274 e. The molecule has 2 aromatic heterocycles. The van der Waals surface area contributed by atoms with Crippen molar-refractivity contribution in [1.82, 2.24) is 15.0 Å². The third-order valence-corrected chi connectivity index (χ3v) is 4.04. The van der Waals surface area contributed by atoms with Crippen molar-refractivity contribution in [3.05, 3.63) is 66.0 Å². The van der Waals surface area contributed by atoms with Crippen LogP contribution in [0.5, 0.6) is 5.88 Å². The lowest BCUT2D eigenvalue weighted by atomic mass is 10.1. The Bertz CT molecular complexity index is 1030. The van der Waals surface area contributed by atoms with Crippen LogP contribution in [0.3, 0.4) is 0 Å². The number of hydrogen-bond acceptors (Lipinski definition) is 6. The lowest BCUT2D eigenvalue weighted by molar-refractivity contribution is 0.102. The predicted octanol–water partition coefficient (Wildman–Crippen LogP) is 3.33. The van der Waals surface area contributed by atoms with Gasteiger partial charge in [0.1, 0.15) is 40.9 Å². The van der Waals surface area contributed by atoms with Gasteiger partial charge in [-0.25, -0.2) is 23.1 Å². The van der Waals surface area contributed by atoms with Crippen LogP contribution in [0.25, 0.3) is 11.3 Å². The molecule has 2 heterocycles. The Morgan fingerprint density at radius 1 is 1.07 bits per heavy atom. The summed E-state index contributed by atoms with van der Waals surface area (Å²) in [6, 6.07) is 5.10. The monoisotopic (exact) mass is 417 g/mol. The number of nitrogens with one attached hydrogen (secondary N) is 1. The van der Waals surface area contributed by atoms with E-state index in [9.17, 15) is 18.0 Å². The maximum atomic E-state index is 14.2. The first-order valence-corrected chi connectivity index (χ1v) is 9.06. The minimum absolute atomic E-state index is 0.137. The number of amides is 1. The number of carbonyl (C=O) groups excluding carboxylic acids is 1. The zero-order chi connectivity index (χ0) is 21.5. The van der Waals surface area contributed by atoms with Gasteiger partial charge in [0.15, 0.2) is 0 Å². The third kappa shape index (κ3) is 4.90. The lowest BCUT2D eigenvalue weighted by Gasteiger charge is -2.11. The molecule has 1 amide bonds. The number of anilines is 1. The first-order chi connectivity index (χ1) is 14.5. The molecule has 0 bridgehead atoms. The van der Waals surface area contributed by atoms with E-state index >= 15 is 0 Å². The second-order valence-corrected chi connectivity index (χ2v) is 6.16. The molecular weight excluding hydrogens is 399 g/mol. The maximum absolute atomic E-state index is 14.2. The number of unbranched alkanes of at least 4 members (excludes halogenated alkanes) is 1. The van der Waals surface area contributed by atoms with Crippen LogP contribution in [-0.4, -0.2) is 34.0 Å². The minimum Gasteiger partial charge on any atom is -0.476 e. The first-order valence-electron chi connectivity index (χ1n) is 9.06. The highest BCUT2D eigenvalue weighted by Crippen LogP contribution is 2.27. The van der Waals surface area contributed by atoms with Crippen molar-refractivity contribution >= 4 is 11.6 Å². The van der Waals surface area contributed by atoms with Gasteiger partial charge in [0.2, 0.25) is 5.88 Å². The molecule has 0 fully saturated rings. The van der Waals surface area contributed by atoms with Crippen molar-refractivity contribution in [2.75, 3.05) is 18.5 Å². The van der Waals surface area contributed by atoms with Crippen molar-refractivity contribution in [3.8, 4) is 17.1 Å². The summed E-state index contributed by atoms with van der Waals surface area (Å²) in [5.41, 5.74) is 4.08. The molecule has 0 aliphatic heterocycles. The highest BCUT2D eigenvalue weighted by Gasteiger charge is 2.20. The fourth-order valence-corrected chi connectivity index (χ4v) is 2.59. The average Bonchev–Trinajstić information content (AvgIpc) is 2.73. The molecule has 0 atom stereocenters. The summed E-state index contributed by atoms with van der Waals surface area (Å²) in [7, 11) is 0. The van der Waals surface area contributed by atoms with Gasteiger partial charge in [-0.1, -0.05) is 6.07 Å². The molecule has 30 heavy (non-hydrogen) atoms. The molecule has 1 aromatic carbocycles. The number of benzene rings is 1. The number of carbonyl (C=O) groups is 1. The number of rotatable bonds is 8. The summed E-state index contributed by atoms with van der Waals surface area (Å²) in [5.74, 6) is -3.58. The fraction of sp³-hybridized carbons (Fsp3) is 0.200. The summed E-state index contributed by atoms with van der Waals surface area (Å²) >= 11 is 0. The van der Waals surface area contributed by atoms with Crippen molar-refractivity contribution in [1.29, 1.82) is 0 Å². The van der Waals surface area contributed by atoms with Gasteiger partial charge >= 0.3 is 0 Å². The summed E-state index contributed by atoms with van der Waals surface area (Å²) in [6.07, 6.45) is 4.04. The third-order valence-electron chi connectivity index (χ3n) is 4.04. The lowest BCUT2D eigenvalue weighted by Crippen LogP contribution is -2.16. The van der Waals surface area contributed by atoms with Gasteiger partial charge in [0.25, 0.3) is 5.91 Å². The van der Waals surface area contributed by atoms with E-state index < -0.39 is 34.6 Å². The summed E-state index contributed by atoms with van der Waals surface area (Å²) in [6.45, 7) is 0.862. The molecule has 0 unspecified atom stereocenters. The Kier molecular flexibility index (Phi) is 6.91. The largest absolute Gasteiger partial charge is 0.476 e. The van der Waals surface area contributed by atoms with Crippen LogP contribution >= 0.6 is 0 Å². The molecule has 0 spiro atoms. The SMILES string of the molecule is NCCCCOc1ncncc1NC(=O)c1ccc(F)c(-c2c(F)cccc2F)n1. The number of aromatic nitrogens is 3. The van der Waals surface area contributed by atoms with Crippen LogP contribution < -0.4 is 15.8 Å². The van der Waals surface area contributed by atoms with Crippen LogP contribution in [0.2, 0.25) is 0 Å². The molecule has 10 heteroatoms. The second-order valence-electron chi connectivity index (χ2n) is 6.16. The number of pyridine rings is 1. The van der Waals surface area contributed by atoms with E-state index in [-0.39, 0.29) is 17.3 Å². The van der Waals surface area contributed by atoms with Crippen LogP contribution in [0.4, 0.5) is 18.9 Å². The average molecular weight is 417 g/mol. The van der Waals surface area contributed by atoms with E-state index in [0.717, 1.165) is 36.8 Å². The molecule has 3 N–H and O–H groups in total. The molecule has 0 aliphatic rings. The smallest absolute Gasteiger partial charge is 0.274 e. The van der Waals surface area contributed by atoms with Crippen molar-refractivity contribution in [2.24, 2.45) is 5.73 Å². The van der Waals surface area contributed by atoms with Gasteiger partial charge in [-0.3, -0.25) is 4.79 Å². The Hall–Kier alpha value is -3.53. The van der Waals surface area contributed by atoms with Crippen LogP contribution in [0.15, 0.2) is 42.9 Å². The van der Waals surface area contributed by atoms with E-state index in [2.05, 4.69) is 20.3 Å². The van der Waals surface area contributed by atoms with E-state index in [0.29, 0.717) is 19.6 Å². The zero-order valence-electron chi connectivity index (χ0n) is 15.7. The second kappa shape index (κ2) is 9.79. The normalized spacial score (nSPS) is 10.7. The number of hydrogen-bond donors (Lipinski definition) is 2. The number of nitrogens with two attached hydrogens (primary N) is 1. The van der Waals surface area contributed by atoms with E-state index in [4.69, 9.17) is 10.5 Å². The molecule has 7 nitrogen and oxygen atoms in total. The zero-order valence-corrected chi connectivity index (χ0v) is 15.7. The van der Waals surface area contributed by atoms with Crippen LogP contribution in [0, 0.1) is 17.5 Å². The summed E-state index contributed by atoms with van der Waals surface area (Å²) in [5, 5.41) is 2.51. The molecule has 0 saturated carbocycles. The molecule has 0 aliphatic carbocycles. The highest BCUT2D eigenvalue weighted by atomic mass is 19.1. The molecular formula is C20H18F3N5O2. The topological polar surface area (TPSA) is 103 Å². The summed E-state index contributed by atoms with van der Waals surface area (Å²) in [4.78, 5) is 24.2. The van der Waals surface area contributed by atoms with Gasteiger partial charge in [-0.15, -0.1) is 0 Å². The Morgan fingerprint density at radius 2 is 1.83 bits per heavy atom. The molecule has 3 rings (SSSR count). The minimum atomic E-state index is -0.997. The van der Waals surface area contributed by atoms with E-state index in [1.165, 1.54) is 12.5 Å². The molecule has 0 saturated heterocycles. The fourth-order valence-electron chi connectivity index (χ4n) is 2.59. The molecule has 156 valence electrons.